The molecule has 0 aliphatic carbocycles. The third-order valence-electron chi connectivity index (χ3n) is 4.88. The number of rotatable bonds is 5. The molecule has 0 spiro atoms. The molecule has 2 aromatic rings. The molecule has 0 saturated carbocycles. The minimum atomic E-state index is -2.42. The van der Waals surface area contributed by atoms with Gasteiger partial charge < -0.3 is 9.16 Å². The average Bonchev–Trinajstić information content (AvgIpc) is 2.64. The highest BCUT2D eigenvalue weighted by Gasteiger charge is 2.50. The molecule has 2 nitrogen and oxygen atoms in total. The molecule has 0 amide bonds. The zero-order chi connectivity index (χ0) is 17.8. The summed E-state index contributed by atoms with van der Waals surface area (Å²) in [4.78, 5) is 0. The highest BCUT2D eigenvalue weighted by Crippen LogP contribution is 2.37. The number of ether oxygens (including phenoxy) is 1. The maximum absolute atomic E-state index is 6.91. The van der Waals surface area contributed by atoms with E-state index >= 15 is 0 Å². The van der Waals surface area contributed by atoms with Crippen molar-refractivity contribution in [3.05, 3.63) is 72.8 Å². The van der Waals surface area contributed by atoms with E-state index in [0.717, 1.165) is 13.2 Å². The highest BCUT2D eigenvalue weighted by atomic mass is 28.4. The first-order chi connectivity index (χ1) is 12.0. The molecule has 1 atom stereocenters. The molecule has 0 radical (unpaired) electrons. The van der Waals surface area contributed by atoms with E-state index in [1.165, 1.54) is 10.4 Å². The summed E-state index contributed by atoms with van der Waals surface area (Å²) in [6.45, 7) is 9.10. The monoisotopic (exact) mass is 352 g/mol. The van der Waals surface area contributed by atoms with Crippen LogP contribution in [0.5, 0.6) is 0 Å². The van der Waals surface area contributed by atoms with Gasteiger partial charge in [0.1, 0.15) is 0 Å². The van der Waals surface area contributed by atoms with Crippen molar-refractivity contribution in [2.45, 2.75) is 25.8 Å². The van der Waals surface area contributed by atoms with Crippen molar-refractivity contribution in [3.8, 4) is 0 Å². The summed E-state index contributed by atoms with van der Waals surface area (Å²) in [5.41, 5.74) is 0. The molecular weight excluding hydrogens is 324 g/mol. The fourth-order valence-electron chi connectivity index (χ4n) is 3.69. The molecule has 2 aromatic carbocycles. The molecular formula is C22H28O2Si. The van der Waals surface area contributed by atoms with Crippen molar-refractivity contribution in [2.75, 3.05) is 19.8 Å². The first-order valence-electron chi connectivity index (χ1n) is 9.03. The van der Waals surface area contributed by atoms with Crippen LogP contribution in [0.3, 0.4) is 0 Å². The number of hydrogen-bond acceptors (Lipinski definition) is 2. The molecule has 0 saturated heterocycles. The van der Waals surface area contributed by atoms with E-state index in [1.54, 1.807) is 0 Å². The fourth-order valence-corrected chi connectivity index (χ4v) is 8.31. The van der Waals surface area contributed by atoms with Crippen LogP contribution in [0.2, 0.25) is 5.04 Å². The topological polar surface area (TPSA) is 18.5 Å². The van der Waals surface area contributed by atoms with Gasteiger partial charge in [-0.1, -0.05) is 93.6 Å². The van der Waals surface area contributed by atoms with Crippen LogP contribution in [-0.2, 0) is 9.16 Å². The van der Waals surface area contributed by atoms with E-state index in [9.17, 15) is 0 Å². The first kappa shape index (κ1) is 18.1. The first-order valence-corrected chi connectivity index (χ1v) is 10.9. The van der Waals surface area contributed by atoms with Crippen molar-refractivity contribution in [2.24, 2.45) is 5.92 Å². The number of benzene rings is 2. The molecule has 0 aromatic heterocycles. The van der Waals surface area contributed by atoms with E-state index in [4.69, 9.17) is 9.16 Å². The van der Waals surface area contributed by atoms with Crippen molar-refractivity contribution < 1.29 is 9.16 Å². The Bertz CT molecular complexity index is 649. The second-order valence-corrected chi connectivity index (χ2v) is 12.0. The molecule has 0 bridgehead atoms. The predicted molar refractivity (Wildman–Crippen MR) is 107 cm³/mol. The molecule has 1 aliphatic rings. The maximum Gasteiger partial charge on any atom is 0.261 e. The van der Waals surface area contributed by atoms with E-state index < -0.39 is 8.32 Å². The van der Waals surface area contributed by atoms with Crippen LogP contribution in [0.4, 0.5) is 0 Å². The number of hydrogen-bond donors (Lipinski definition) is 0. The Balaban J connectivity index is 2.05. The largest absolute Gasteiger partial charge is 0.407 e. The van der Waals surface area contributed by atoms with Gasteiger partial charge in [0.05, 0.1) is 13.2 Å². The van der Waals surface area contributed by atoms with Crippen LogP contribution in [-0.4, -0.2) is 28.1 Å². The maximum atomic E-state index is 6.91. The van der Waals surface area contributed by atoms with E-state index in [2.05, 4.69) is 93.6 Å². The van der Waals surface area contributed by atoms with E-state index in [0.29, 0.717) is 12.5 Å². The van der Waals surface area contributed by atoms with Gasteiger partial charge in [0.15, 0.2) is 0 Å². The van der Waals surface area contributed by atoms with Crippen LogP contribution in [0.1, 0.15) is 20.8 Å². The molecule has 1 heterocycles. The lowest BCUT2D eigenvalue weighted by Gasteiger charge is -2.43. The van der Waals surface area contributed by atoms with Crippen LogP contribution >= 0.6 is 0 Å². The van der Waals surface area contributed by atoms with Crippen molar-refractivity contribution in [1.82, 2.24) is 0 Å². The van der Waals surface area contributed by atoms with Crippen LogP contribution in [0, 0.1) is 5.92 Å². The smallest absolute Gasteiger partial charge is 0.261 e. The van der Waals surface area contributed by atoms with Crippen LogP contribution in [0.25, 0.3) is 0 Å². The van der Waals surface area contributed by atoms with Crippen molar-refractivity contribution in [1.29, 1.82) is 0 Å². The Morgan fingerprint density at radius 3 is 1.96 bits per heavy atom. The summed E-state index contributed by atoms with van der Waals surface area (Å²) < 4.78 is 12.5. The zero-order valence-corrected chi connectivity index (χ0v) is 16.4. The third kappa shape index (κ3) is 3.79. The average molecular weight is 353 g/mol. The summed E-state index contributed by atoms with van der Waals surface area (Å²) in [5, 5.41) is 2.68. The molecule has 0 fully saturated rings. The van der Waals surface area contributed by atoms with Gasteiger partial charge in [0.2, 0.25) is 0 Å². The molecule has 25 heavy (non-hydrogen) atoms. The fraction of sp³-hybridized carbons (Fsp3) is 0.364. The van der Waals surface area contributed by atoms with Gasteiger partial charge in [0, 0.05) is 12.5 Å². The molecule has 3 heteroatoms. The second-order valence-electron chi connectivity index (χ2n) is 7.70. The second kappa shape index (κ2) is 7.69. The van der Waals surface area contributed by atoms with Crippen molar-refractivity contribution in [3.63, 3.8) is 0 Å². The lowest BCUT2D eigenvalue weighted by Crippen LogP contribution is -2.67. The minimum Gasteiger partial charge on any atom is -0.407 e. The molecule has 0 unspecified atom stereocenters. The van der Waals surface area contributed by atoms with Gasteiger partial charge in [-0.05, 0) is 15.4 Å². The standard InChI is InChI=1S/C22H28O2Si/c1-22(2,3)25(20-12-6-4-7-13-20,21-14-8-5-9-15-21)24-18-19-11-10-16-23-17-19/h4-15,19H,16-18H2,1-3H3/t19-/m1/s1. The van der Waals surface area contributed by atoms with Gasteiger partial charge in [0.25, 0.3) is 8.32 Å². The minimum absolute atomic E-state index is 0.0228. The van der Waals surface area contributed by atoms with Gasteiger partial charge in [-0.25, -0.2) is 0 Å². The Labute approximate surface area is 152 Å². The van der Waals surface area contributed by atoms with Gasteiger partial charge >= 0.3 is 0 Å². The highest BCUT2D eigenvalue weighted by molar-refractivity contribution is 6.99. The van der Waals surface area contributed by atoms with Crippen molar-refractivity contribution >= 4 is 18.7 Å². The van der Waals surface area contributed by atoms with E-state index in [1.807, 2.05) is 0 Å². The van der Waals surface area contributed by atoms with Gasteiger partial charge in [-0.2, -0.15) is 0 Å². The Morgan fingerprint density at radius 2 is 1.52 bits per heavy atom. The predicted octanol–water partition coefficient (Wildman–Crippen LogP) is 3.77. The molecule has 132 valence electrons. The van der Waals surface area contributed by atoms with Gasteiger partial charge in [-0.15, -0.1) is 0 Å². The SMILES string of the molecule is CC(C)(C)[Si](OC[C@@H]1C=CCOC1)(c1ccccc1)c1ccccc1. The quantitative estimate of drug-likeness (QED) is 0.602. The Morgan fingerprint density at radius 1 is 0.960 bits per heavy atom. The summed E-state index contributed by atoms with van der Waals surface area (Å²) >= 11 is 0. The lowest BCUT2D eigenvalue weighted by molar-refractivity contribution is 0.101. The van der Waals surface area contributed by atoms with Crippen LogP contribution < -0.4 is 10.4 Å². The summed E-state index contributed by atoms with van der Waals surface area (Å²) in [5.74, 6) is 0.329. The molecule has 1 aliphatic heterocycles. The summed E-state index contributed by atoms with van der Waals surface area (Å²) in [6.07, 6.45) is 4.34. The Kier molecular flexibility index (Phi) is 5.57. The normalized spacial score (nSPS) is 18.3. The van der Waals surface area contributed by atoms with E-state index in [-0.39, 0.29) is 5.04 Å². The molecule has 3 rings (SSSR count). The van der Waals surface area contributed by atoms with Crippen LogP contribution in [0.15, 0.2) is 72.8 Å². The van der Waals surface area contributed by atoms with Gasteiger partial charge in [-0.3, -0.25) is 0 Å². The Hall–Kier alpha value is -1.68. The summed E-state index contributed by atoms with van der Waals surface area (Å²) in [6, 6.07) is 21.6. The lowest BCUT2D eigenvalue weighted by atomic mass is 10.1. The summed E-state index contributed by atoms with van der Waals surface area (Å²) in [7, 11) is -2.42. The molecule has 0 N–H and O–H groups in total. The zero-order valence-electron chi connectivity index (χ0n) is 15.4. The third-order valence-corrected chi connectivity index (χ3v) is 9.89.